The van der Waals surface area contributed by atoms with Gasteiger partial charge in [0.05, 0.1) is 12.7 Å². The van der Waals surface area contributed by atoms with Crippen LogP contribution in [0.15, 0.2) is 18.2 Å². The molecule has 1 aromatic rings. The van der Waals surface area contributed by atoms with E-state index in [0.717, 1.165) is 9.26 Å². The molecule has 1 aromatic carbocycles. The van der Waals surface area contributed by atoms with Gasteiger partial charge >= 0.3 is 0 Å². The maximum Gasteiger partial charge on any atom is 0.0945 e. The van der Waals surface area contributed by atoms with E-state index in [0.29, 0.717) is 24.8 Å². The van der Waals surface area contributed by atoms with Gasteiger partial charge < -0.3 is 15.2 Å². The lowest BCUT2D eigenvalue weighted by Gasteiger charge is -2.13. The Kier molecular flexibility index (Phi) is 6.41. The Morgan fingerprint density at radius 3 is 2.94 bits per heavy atom. The molecule has 0 saturated heterocycles. The molecule has 0 bridgehead atoms. The van der Waals surface area contributed by atoms with Crippen molar-refractivity contribution in [1.29, 1.82) is 0 Å². The van der Waals surface area contributed by atoms with Crippen LogP contribution in [-0.2, 0) is 4.74 Å². The Morgan fingerprint density at radius 2 is 2.31 bits per heavy atom. The Morgan fingerprint density at radius 1 is 1.56 bits per heavy atom. The summed E-state index contributed by atoms with van der Waals surface area (Å²) >= 11 is 8.05. The molecule has 0 radical (unpaired) electrons. The molecule has 1 unspecified atom stereocenters. The van der Waals surface area contributed by atoms with Crippen LogP contribution in [0.5, 0.6) is 0 Å². The van der Waals surface area contributed by atoms with Crippen LogP contribution in [-0.4, -0.2) is 31.0 Å². The van der Waals surface area contributed by atoms with Gasteiger partial charge in [-0.05, 0) is 47.7 Å². The van der Waals surface area contributed by atoms with Gasteiger partial charge in [0.25, 0.3) is 0 Å². The van der Waals surface area contributed by atoms with Crippen molar-refractivity contribution in [3.63, 3.8) is 0 Å². The topological polar surface area (TPSA) is 41.5 Å². The van der Waals surface area contributed by atoms with Crippen LogP contribution in [0, 0.1) is 3.57 Å². The predicted octanol–water partition coefficient (Wildman–Crippen LogP) is 2.75. The number of hydrogen-bond acceptors (Lipinski definition) is 3. The second-order valence-electron chi connectivity index (χ2n) is 3.32. The van der Waals surface area contributed by atoms with Gasteiger partial charge in [-0.3, -0.25) is 0 Å². The molecule has 16 heavy (non-hydrogen) atoms. The Balaban J connectivity index is 2.42. The quantitative estimate of drug-likeness (QED) is 0.771. The molecule has 0 aromatic heterocycles. The van der Waals surface area contributed by atoms with Crippen molar-refractivity contribution in [2.45, 2.75) is 13.0 Å². The first-order chi connectivity index (χ1) is 7.63. The highest BCUT2D eigenvalue weighted by Gasteiger charge is 2.05. The fraction of sp³-hybridized carbons (Fsp3) is 0.455. The van der Waals surface area contributed by atoms with E-state index < -0.39 is 6.10 Å². The lowest BCUT2D eigenvalue weighted by molar-refractivity contribution is 0.0496. The van der Waals surface area contributed by atoms with E-state index in [2.05, 4.69) is 27.9 Å². The number of anilines is 1. The summed E-state index contributed by atoms with van der Waals surface area (Å²) in [6, 6.07) is 5.60. The average molecular weight is 356 g/mol. The largest absolute Gasteiger partial charge is 0.389 e. The molecule has 90 valence electrons. The standard InChI is InChI=1S/C11H15ClINO2/c1-2-16-7-9(15)6-14-11-4-3-8(12)5-10(11)13/h3-5,9,14-15H,2,6-7H2,1H3. The number of aliphatic hydroxyl groups excluding tert-OH is 1. The number of nitrogens with one attached hydrogen (secondary N) is 1. The van der Waals surface area contributed by atoms with Gasteiger partial charge in [-0.15, -0.1) is 0 Å². The number of ether oxygens (including phenoxy) is 1. The van der Waals surface area contributed by atoms with Crippen LogP contribution >= 0.6 is 34.2 Å². The molecule has 0 heterocycles. The van der Waals surface area contributed by atoms with Gasteiger partial charge in [-0.2, -0.15) is 0 Å². The number of benzene rings is 1. The molecular formula is C11H15ClINO2. The highest BCUT2D eigenvalue weighted by Crippen LogP contribution is 2.22. The summed E-state index contributed by atoms with van der Waals surface area (Å²) in [6.45, 7) is 3.35. The van der Waals surface area contributed by atoms with E-state index in [-0.39, 0.29) is 0 Å². The minimum absolute atomic E-state index is 0.355. The minimum Gasteiger partial charge on any atom is -0.389 e. The summed E-state index contributed by atoms with van der Waals surface area (Å²) in [4.78, 5) is 0. The molecular weight excluding hydrogens is 340 g/mol. The summed E-state index contributed by atoms with van der Waals surface area (Å²) in [5.41, 5.74) is 0.973. The Hall–Kier alpha value is -0.0400. The van der Waals surface area contributed by atoms with Gasteiger partial charge in [-0.1, -0.05) is 11.6 Å². The van der Waals surface area contributed by atoms with E-state index in [4.69, 9.17) is 16.3 Å². The van der Waals surface area contributed by atoms with Crippen molar-refractivity contribution in [2.75, 3.05) is 25.1 Å². The third kappa shape index (κ3) is 4.86. The lowest BCUT2D eigenvalue weighted by Crippen LogP contribution is -2.25. The Labute approximate surface area is 114 Å². The van der Waals surface area contributed by atoms with Crippen molar-refractivity contribution >= 4 is 39.9 Å². The number of aliphatic hydroxyl groups is 1. The maximum atomic E-state index is 9.57. The summed E-state index contributed by atoms with van der Waals surface area (Å²) in [7, 11) is 0. The zero-order valence-corrected chi connectivity index (χ0v) is 12.0. The van der Waals surface area contributed by atoms with Crippen molar-refractivity contribution in [2.24, 2.45) is 0 Å². The van der Waals surface area contributed by atoms with Gasteiger partial charge in [0.15, 0.2) is 0 Å². The third-order valence-electron chi connectivity index (χ3n) is 1.97. The molecule has 1 rings (SSSR count). The minimum atomic E-state index is -0.494. The molecule has 0 aliphatic heterocycles. The fourth-order valence-corrected chi connectivity index (χ4v) is 2.24. The molecule has 0 aliphatic rings. The summed E-state index contributed by atoms with van der Waals surface area (Å²) in [6.07, 6.45) is -0.494. The predicted molar refractivity (Wildman–Crippen MR) is 75.2 cm³/mol. The molecule has 3 nitrogen and oxygen atoms in total. The van der Waals surface area contributed by atoms with Gasteiger partial charge in [0.2, 0.25) is 0 Å². The fourth-order valence-electron chi connectivity index (χ4n) is 1.17. The highest BCUT2D eigenvalue weighted by atomic mass is 127. The summed E-state index contributed by atoms with van der Waals surface area (Å²) in [5.74, 6) is 0. The summed E-state index contributed by atoms with van der Waals surface area (Å²) < 4.78 is 6.16. The van der Waals surface area contributed by atoms with E-state index in [1.165, 1.54) is 0 Å². The zero-order chi connectivity index (χ0) is 12.0. The number of hydrogen-bond donors (Lipinski definition) is 2. The second-order valence-corrected chi connectivity index (χ2v) is 4.92. The first-order valence-corrected chi connectivity index (χ1v) is 6.54. The molecule has 5 heteroatoms. The lowest BCUT2D eigenvalue weighted by atomic mass is 10.3. The van der Waals surface area contributed by atoms with Gasteiger partial charge in [0, 0.05) is 27.4 Å². The van der Waals surface area contributed by atoms with Crippen LogP contribution in [0.1, 0.15) is 6.92 Å². The van der Waals surface area contributed by atoms with Crippen molar-refractivity contribution in [3.8, 4) is 0 Å². The van der Waals surface area contributed by atoms with E-state index in [1.807, 2.05) is 25.1 Å². The molecule has 2 N–H and O–H groups in total. The summed E-state index contributed by atoms with van der Waals surface area (Å²) in [5, 5.41) is 13.4. The third-order valence-corrected chi connectivity index (χ3v) is 3.10. The Bertz CT molecular complexity index is 336. The molecule has 0 fully saturated rings. The molecule has 0 amide bonds. The van der Waals surface area contributed by atoms with Crippen molar-refractivity contribution < 1.29 is 9.84 Å². The molecule has 0 spiro atoms. The SMILES string of the molecule is CCOCC(O)CNc1ccc(Cl)cc1I. The van der Waals surface area contributed by atoms with Gasteiger partial charge in [0.1, 0.15) is 0 Å². The van der Waals surface area contributed by atoms with Crippen molar-refractivity contribution in [3.05, 3.63) is 26.8 Å². The van der Waals surface area contributed by atoms with E-state index in [1.54, 1.807) is 0 Å². The zero-order valence-electron chi connectivity index (χ0n) is 9.04. The normalized spacial score (nSPS) is 12.5. The highest BCUT2D eigenvalue weighted by molar-refractivity contribution is 14.1. The first kappa shape index (κ1) is 14.0. The van der Waals surface area contributed by atoms with Crippen molar-refractivity contribution in [1.82, 2.24) is 0 Å². The maximum absolute atomic E-state index is 9.57. The number of rotatable bonds is 6. The van der Waals surface area contributed by atoms with Gasteiger partial charge in [-0.25, -0.2) is 0 Å². The smallest absolute Gasteiger partial charge is 0.0945 e. The van der Waals surface area contributed by atoms with Crippen LogP contribution in [0.4, 0.5) is 5.69 Å². The molecule has 0 aliphatic carbocycles. The monoisotopic (exact) mass is 355 g/mol. The second kappa shape index (κ2) is 7.32. The average Bonchev–Trinajstić information content (AvgIpc) is 2.25. The van der Waals surface area contributed by atoms with Crippen LogP contribution in [0.2, 0.25) is 5.02 Å². The van der Waals surface area contributed by atoms with Crippen LogP contribution in [0.3, 0.4) is 0 Å². The van der Waals surface area contributed by atoms with E-state index in [9.17, 15) is 5.11 Å². The van der Waals surface area contributed by atoms with Crippen LogP contribution in [0.25, 0.3) is 0 Å². The number of halogens is 2. The van der Waals surface area contributed by atoms with E-state index >= 15 is 0 Å². The molecule has 1 atom stereocenters. The first-order valence-electron chi connectivity index (χ1n) is 5.08. The van der Waals surface area contributed by atoms with Crippen LogP contribution < -0.4 is 5.32 Å². The molecule has 0 saturated carbocycles.